The third-order valence-corrected chi connectivity index (χ3v) is 3.97. The van der Waals surface area contributed by atoms with Gasteiger partial charge in [0.05, 0.1) is 36.9 Å². The van der Waals surface area contributed by atoms with Crippen molar-refractivity contribution < 1.29 is 19.4 Å². The van der Waals surface area contributed by atoms with Gasteiger partial charge in [0, 0.05) is 18.3 Å². The van der Waals surface area contributed by atoms with Crippen molar-refractivity contribution in [2.45, 2.75) is 25.4 Å². The number of amides is 1. The van der Waals surface area contributed by atoms with E-state index in [0.717, 1.165) is 5.56 Å². The topological polar surface area (TPSA) is 93.4 Å². The number of nitrogens with zero attached hydrogens (tertiary/aromatic N) is 2. The Labute approximate surface area is 150 Å². The maximum absolute atomic E-state index is 12.4. The highest BCUT2D eigenvalue weighted by atomic mass is 35.5. The molecule has 1 heterocycles. The Morgan fingerprint density at radius 1 is 1.40 bits per heavy atom. The molecule has 25 heavy (non-hydrogen) atoms. The molecule has 0 aliphatic rings. The van der Waals surface area contributed by atoms with Crippen LogP contribution in [0.3, 0.4) is 0 Å². The van der Waals surface area contributed by atoms with Gasteiger partial charge in [-0.15, -0.1) is 0 Å². The molecule has 0 aliphatic carbocycles. The molecule has 2 aromatic rings. The minimum atomic E-state index is -1.02. The number of aliphatic carboxylic acids is 1. The van der Waals surface area contributed by atoms with E-state index < -0.39 is 17.4 Å². The number of hydrogen-bond donors (Lipinski definition) is 2. The van der Waals surface area contributed by atoms with Crippen molar-refractivity contribution in [1.82, 2.24) is 15.1 Å². The molecule has 1 aromatic heterocycles. The Morgan fingerprint density at radius 3 is 2.76 bits per heavy atom. The fraction of sp³-hybridized carbons (Fsp3) is 0.353. The average Bonchev–Trinajstić information content (AvgIpc) is 2.97. The summed E-state index contributed by atoms with van der Waals surface area (Å²) in [6.07, 6.45) is 2.77. The normalized spacial score (nSPS) is 13.2. The van der Waals surface area contributed by atoms with Crippen LogP contribution in [0.4, 0.5) is 0 Å². The SMILES string of the molecule is COCC(C)(CC(=O)O)NC(=O)c1cnn(Cc2ccccc2Cl)c1. The van der Waals surface area contributed by atoms with Gasteiger partial charge in [-0.25, -0.2) is 0 Å². The smallest absolute Gasteiger partial charge is 0.305 e. The molecule has 1 aromatic carbocycles. The molecule has 0 saturated heterocycles. The average molecular weight is 366 g/mol. The standard InChI is InChI=1S/C17H20ClN3O4/c1-17(11-25-2,7-15(22)23)20-16(24)13-8-19-21(10-13)9-12-5-3-4-6-14(12)18/h3-6,8,10H,7,9,11H2,1-2H3,(H,20,24)(H,22,23). The second-order valence-electron chi connectivity index (χ2n) is 6.04. The van der Waals surface area contributed by atoms with Gasteiger partial charge in [-0.05, 0) is 18.6 Å². The summed E-state index contributed by atoms with van der Waals surface area (Å²) in [6, 6.07) is 7.38. The van der Waals surface area contributed by atoms with E-state index >= 15 is 0 Å². The van der Waals surface area contributed by atoms with E-state index in [2.05, 4.69) is 10.4 Å². The fourth-order valence-corrected chi connectivity index (χ4v) is 2.69. The van der Waals surface area contributed by atoms with Crippen LogP contribution in [-0.4, -0.2) is 46.0 Å². The minimum absolute atomic E-state index is 0.0821. The number of carbonyl (C=O) groups excluding carboxylic acids is 1. The van der Waals surface area contributed by atoms with Crippen LogP contribution < -0.4 is 5.32 Å². The highest BCUT2D eigenvalue weighted by molar-refractivity contribution is 6.31. The first-order valence-corrected chi connectivity index (χ1v) is 8.00. The van der Waals surface area contributed by atoms with Crippen LogP contribution in [0.25, 0.3) is 0 Å². The zero-order valence-electron chi connectivity index (χ0n) is 14.0. The number of nitrogens with one attached hydrogen (secondary N) is 1. The van der Waals surface area contributed by atoms with Crippen LogP contribution in [-0.2, 0) is 16.1 Å². The van der Waals surface area contributed by atoms with E-state index in [1.54, 1.807) is 23.9 Å². The number of aromatic nitrogens is 2. The Bertz CT molecular complexity index is 762. The lowest BCUT2D eigenvalue weighted by molar-refractivity contribution is -0.139. The van der Waals surface area contributed by atoms with Crippen molar-refractivity contribution in [3.8, 4) is 0 Å². The number of carboxylic acids is 1. The van der Waals surface area contributed by atoms with Gasteiger partial charge in [0.1, 0.15) is 0 Å². The van der Waals surface area contributed by atoms with Crippen LogP contribution >= 0.6 is 11.6 Å². The zero-order valence-corrected chi connectivity index (χ0v) is 14.8. The van der Waals surface area contributed by atoms with Gasteiger partial charge in [0.15, 0.2) is 0 Å². The predicted octanol–water partition coefficient (Wildman–Crippen LogP) is 2.19. The summed E-state index contributed by atoms with van der Waals surface area (Å²) < 4.78 is 6.63. The summed E-state index contributed by atoms with van der Waals surface area (Å²) in [5.74, 6) is -1.43. The van der Waals surface area contributed by atoms with Gasteiger partial charge in [0.25, 0.3) is 5.91 Å². The molecule has 134 valence electrons. The van der Waals surface area contributed by atoms with Crippen molar-refractivity contribution in [3.05, 3.63) is 52.8 Å². The van der Waals surface area contributed by atoms with Crippen LogP contribution in [0.15, 0.2) is 36.7 Å². The molecule has 0 saturated carbocycles. The lowest BCUT2D eigenvalue weighted by Crippen LogP contribution is -2.50. The Morgan fingerprint density at radius 2 is 2.12 bits per heavy atom. The monoisotopic (exact) mass is 365 g/mol. The molecule has 0 fully saturated rings. The van der Waals surface area contributed by atoms with Gasteiger partial charge in [-0.2, -0.15) is 5.10 Å². The molecule has 0 radical (unpaired) electrons. The number of rotatable bonds is 8. The molecule has 8 heteroatoms. The lowest BCUT2D eigenvalue weighted by Gasteiger charge is -2.28. The number of benzene rings is 1. The summed E-state index contributed by atoms with van der Waals surface area (Å²) in [5, 5.41) is 16.5. The van der Waals surface area contributed by atoms with Gasteiger partial charge in [-0.1, -0.05) is 29.8 Å². The number of hydrogen-bond acceptors (Lipinski definition) is 4. The van der Waals surface area contributed by atoms with Crippen molar-refractivity contribution in [2.24, 2.45) is 0 Å². The highest BCUT2D eigenvalue weighted by Crippen LogP contribution is 2.16. The van der Waals surface area contributed by atoms with E-state index in [1.165, 1.54) is 13.3 Å². The number of methoxy groups -OCH3 is 1. The zero-order chi connectivity index (χ0) is 18.4. The molecule has 0 bridgehead atoms. The molecular formula is C17H20ClN3O4. The first kappa shape index (κ1) is 19.0. The van der Waals surface area contributed by atoms with Crippen LogP contribution in [0, 0.1) is 0 Å². The number of carbonyl (C=O) groups is 2. The maximum atomic E-state index is 12.4. The van der Waals surface area contributed by atoms with Crippen LogP contribution in [0.5, 0.6) is 0 Å². The summed E-state index contributed by atoms with van der Waals surface area (Å²) in [4.78, 5) is 23.4. The summed E-state index contributed by atoms with van der Waals surface area (Å²) in [7, 11) is 1.45. The molecular weight excluding hydrogens is 346 g/mol. The van der Waals surface area contributed by atoms with Gasteiger partial charge < -0.3 is 15.2 Å². The summed E-state index contributed by atoms with van der Waals surface area (Å²) in [6.45, 7) is 2.13. The lowest BCUT2D eigenvalue weighted by atomic mass is 9.98. The largest absolute Gasteiger partial charge is 0.481 e. The van der Waals surface area contributed by atoms with E-state index in [-0.39, 0.29) is 13.0 Å². The number of halogens is 1. The van der Waals surface area contributed by atoms with Crippen LogP contribution in [0.2, 0.25) is 5.02 Å². The molecule has 2 rings (SSSR count). The number of ether oxygens (including phenoxy) is 1. The summed E-state index contributed by atoms with van der Waals surface area (Å²) in [5.41, 5.74) is 0.205. The second-order valence-corrected chi connectivity index (χ2v) is 6.44. The quantitative estimate of drug-likeness (QED) is 0.748. The Hall–Kier alpha value is -2.38. The van der Waals surface area contributed by atoms with Crippen LogP contribution in [0.1, 0.15) is 29.3 Å². The molecule has 2 N–H and O–H groups in total. The molecule has 7 nitrogen and oxygen atoms in total. The van der Waals surface area contributed by atoms with E-state index in [0.29, 0.717) is 17.1 Å². The number of carboxylic acid groups (broad SMARTS) is 1. The van der Waals surface area contributed by atoms with Crippen molar-refractivity contribution in [2.75, 3.05) is 13.7 Å². The van der Waals surface area contributed by atoms with Crippen molar-refractivity contribution in [1.29, 1.82) is 0 Å². The Balaban J connectivity index is 2.09. The fourth-order valence-electron chi connectivity index (χ4n) is 2.50. The van der Waals surface area contributed by atoms with Crippen molar-refractivity contribution >= 4 is 23.5 Å². The van der Waals surface area contributed by atoms with Crippen molar-refractivity contribution in [3.63, 3.8) is 0 Å². The van der Waals surface area contributed by atoms with E-state index in [4.69, 9.17) is 21.4 Å². The first-order valence-electron chi connectivity index (χ1n) is 7.62. The first-order chi connectivity index (χ1) is 11.8. The van der Waals surface area contributed by atoms with Gasteiger partial charge in [0.2, 0.25) is 0 Å². The predicted molar refractivity (Wildman–Crippen MR) is 92.8 cm³/mol. The third-order valence-electron chi connectivity index (χ3n) is 3.61. The maximum Gasteiger partial charge on any atom is 0.305 e. The van der Waals surface area contributed by atoms with Gasteiger partial charge in [-0.3, -0.25) is 14.3 Å². The molecule has 1 amide bonds. The molecule has 0 spiro atoms. The third kappa shape index (κ3) is 5.30. The molecule has 0 aliphatic heterocycles. The van der Waals surface area contributed by atoms with Gasteiger partial charge >= 0.3 is 5.97 Å². The summed E-state index contributed by atoms with van der Waals surface area (Å²) >= 11 is 6.12. The highest BCUT2D eigenvalue weighted by Gasteiger charge is 2.30. The molecule has 1 unspecified atom stereocenters. The minimum Gasteiger partial charge on any atom is -0.481 e. The van der Waals surface area contributed by atoms with E-state index in [1.807, 2.05) is 18.2 Å². The Kier molecular flexibility index (Phi) is 6.17. The van der Waals surface area contributed by atoms with E-state index in [9.17, 15) is 9.59 Å². The second kappa shape index (κ2) is 8.13. The molecule has 1 atom stereocenters.